The van der Waals surface area contributed by atoms with Gasteiger partial charge in [-0.3, -0.25) is 4.79 Å². The standard InChI is InChI=1S/C22H22BrNO3/c1-12(2)16-6-5-7-17(13(3)4)20(16)24-21(25)18-11-14-10-15(23)8-9-19(14)27-22(18)26/h5-13H,1-4H3,(H,24,25). The van der Waals surface area contributed by atoms with Gasteiger partial charge in [0, 0.05) is 15.5 Å². The van der Waals surface area contributed by atoms with Crippen molar-refractivity contribution in [2.24, 2.45) is 0 Å². The van der Waals surface area contributed by atoms with Crippen LogP contribution in [0.15, 0.2) is 56.1 Å². The molecule has 0 fully saturated rings. The Morgan fingerprint density at radius 3 is 2.22 bits per heavy atom. The van der Waals surface area contributed by atoms with E-state index in [4.69, 9.17) is 4.42 Å². The molecular weight excluding hydrogens is 406 g/mol. The summed E-state index contributed by atoms with van der Waals surface area (Å²) in [7, 11) is 0. The van der Waals surface area contributed by atoms with Crippen LogP contribution < -0.4 is 10.9 Å². The first kappa shape index (κ1) is 19.4. The number of hydrogen-bond acceptors (Lipinski definition) is 3. The second-order valence-corrected chi connectivity index (χ2v) is 8.12. The van der Waals surface area contributed by atoms with Crippen LogP contribution in [0.25, 0.3) is 11.0 Å². The zero-order chi connectivity index (χ0) is 19.7. The third kappa shape index (κ3) is 3.98. The molecule has 0 atom stereocenters. The van der Waals surface area contributed by atoms with Crippen molar-refractivity contribution in [3.63, 3.8) is 0 Å². The molecule has 0 spiro atoms. The maximum Gasteiger partial charge on any atom is 0.349 e. The second kappa shape index (κ2) is 7.69. The van der Waals surface area contributed by atoms with E-state index in [2.05, 4.69) is 48.9 Å². The summed E-state index contributed by atoms with van der Waals surface area (Å²) in [5.74, 6) is 0.0200. The highest BCUT2D eigenvalue weighted by Gasteiger charge is 2.19. The predicted octanol–water partition coefficient (Wildman–Crippen LogP) is 6.05. The second-order valence-electron chi connectivity index (χ2n) is 7.20. The van der Waals surface area contributed by atoms with Crippen molar-refractivity contribution in [3.05, 3.63) is 74.0 Å². The van der Waals surface area contributed by atoms with Crippen LogP contribution >= 0.6 is 15.9 Å². The Morgan fingerprint density at radius 2 is 1.63 bits per heavy atom. The van der Waals surface area contributed by atoms with E-state index in [1.807, 2.05) is 24.3 Å². The molecule has 0 saturated carbocycles. The summed E-state index contributed by atoms with van der Waals surface area (Å²) in [5, 5.41) is 3.66. The molecule has 0 aliphatic heterocycles. The number of benzene rings is 2. The van der Waals surface area contributed by atoms with E-state index in [-0.39, 0.29) is 17.4 Å². The summed E-state index contributed by atoms with van der Waals surface area (Å²) in [6.45, 7) is 8.32. The molecule has 0 aliphatic carbocycles. The van der Waals surface area contributed by atoms with E-state index in [0.29, 0.717) is 11.0 Å². The van der Waals surface area contributed by atoms with Crippen molar-refractivity contribution in [1.29, 1.82) is 0 Å². The summed E-state index contributed by atoms with van der Waals surface area (Å²) >= 11 is 3.40. The van der Waals surface area contributed by atoms with E-state index in [0.717, 1.165) is 21.3 Å². The number of hydrogen-bond donors (Lipinski definition) is 1. The van der Waals surface area contributed by atoms with Gasteiger partial charge in [-0.1, -0.05) is 61.8 Å². The number of carbonyl (C=O) groups is 1. The minimum Gasteiger partial charge on any atom is -0.422 e. The molecule has 1 aromatic heterocycles. The molecule has 2 aromatic carbocycles. The van der Waals surface area contributed by atoms with Gasteiger partial charge < -0.3 is 9.73 Å². The number of anilines is 1. The summed E-state index contributed by atoms with van der Waals surface area (Å²) in [5.41, 5.74) is 2.67. The lowest BCUT2D eigenvalue weighted by molar-refractivity contribution is 0.102. The smallest absolute Gasteiger partial charge is 0.349 e. The quantitative estimate of drug-likeness (QED) is 0.515. The van der Waals surface area contributed by atoms with Crippen LogP contribution in [0, 0.1) is 0 Å². The highest BCUT2D eigenvalue weighted by atomic mass is 79.9. The highest BCUT2D eigenvalue weighted by molar-refractivity contribution is 9.10. The molecule has 0 unspecified atom stereocenters. The van der Waals surface area contributed by atoms with Crippen molar-refractivity contribution in [1.82, 2.24) is 0 Å². The van der Waals surface area contributed by atoms with E-state index in [1.54, 1.807) is 18.2 Å². The fourth-order valence-electron chi connectivity index (χ4n) is 3.13. The Kier molecular flexibility index (Phi) is 5.51. The van der Waals surface area contributed by atoms with Gasteiger partial charge in [0.2, 0.25) is 0 Å². The molecule has 27 heavy (non-hydrogen) atoms. The molecule has 140 valence electrons. The fourth-order valence-corrected chi connectivity index (χ4v) is 3.51. The molecule has 0 bridgehead atoms. The number of fused-ring (bicyclic) bond motifs is 1. The molecule has 3 aromatic rings. The van der Waals surface area contributed by atoms with E-state index < -0.39 is 11.5 Å². The largest absolute Gasteiger partial charge is 0.422 e. The molecule has 5 heteroatoms. The normalized spacial score (nSPS) is 11.4. The Balaban J connectivity index is 2.07. The number of para-hydroxylation sites is 1. The van der Waals surface area contributed by atoms with Gasteiger partial charge >= 0.3 is 5.63 Å². The number of nitrogens with one attached hydrogen (secondary N) is 1. The van der Waals surface area contributed by atoms with Crippen LogP contribution in [0.3, 0.4) is 0 Å². The number of halogens is 1. The zero-order valence-electron chi connectivity index (χ0n) is 15.8. The Hall–Kier alpha value is -2.40. The van der Waals surface area contributed by atoms with Crippen LogP contribution in [-0.4, -0.2) is 5.91 Å². The summed E-state index contributed by atoms with van der Waals surface area (Å²) < 4.78 is 6.17. The van der Waals surface area contributed by atoms with Crippen LogP contribution in [-0.2, 0) is 0 Å². The minimum absolute atomic E-state index is 0.00568. The topological polar surface area (TPSA) is 59.3 Å². The van der Waals surface area contributed by atoms with Crippen LogP contribution in [0.4, 0.5) is 5.69 Å². The Bertz CT molecular complexity index is 1040. The summed E-state index contributed by atoms with van der Waals surface area (Å²) in [4.78, 5) is 25.3. The van der Waals surface area contributed by atoms with Crippen molar-refractivity contribution in [2.45, 2.75) is 39.5 Å². The maximum absolute atomic E-state index is 12.9. The van der Waals surface area contributed by atoms with Gasteiger partial charge in [-0.05, 0) is 47.2 Å². The van der Waals surface area contributed by atoms with Gasteiger partial charge in [0.15, 0.2) is 0 Å². The summed E-state index contributed by atoms with van der Waals surface area (Å²) in [6.07, 6.45) is 0. The third-order valence-corrected chi connectivity index (χ3v) is 5.04. The molecular formula is C22H22BrNO3. The first-order valence-electron chi connectivity index (χ1n) is 8.95. The van der Waals surface area contributed by atoms with Gasteiger partial charge in [0.05, 0.1) is 0 Å². The Morgan fingerprint density at radius 1 is 1.00 bits per heavy atom. The molecule has 1 N–H and O–H groups in total. The first-order valence-corrected chi connectivity index (χ1v) is 9.74. The molecule has 1 heterocycles. The molecule has 0 radical (unpaired) electrons. The van der Waals surface area contributed by atoms with Gasteiger partial charge in [0.1, 0.15) is 11.1 Å². The zero-order valence-corrected chi connectivity index (χ0v) is 17.4. The van der Waals surface area contributed by atoms with E-state index >= 15 is 0 Å². The molecule has 1 amide bonds. The lowest BCUT2D eigenvalue weighted by Crippen LogP contribution is -2.22. The van der Waals surface area contributed by atoms with E-state index in [1.165, 1.54) is 0 Å². The fraction of sp³-hybridized carbons (Fsp3) is 0.273. The monoisotopic (exact) mass is 427 g/mol. The van der Waals surface area contributed by atoms with Crippen LogP contribution in [0.5, 0.6) is 0 Å². The summed E-state index contributed by atoms with van der Waals surface area (Å²) in [6, 6.07) is 12.9. The van der Waals surface area contributed by atoms with Crippen molar-refractivity contribution in [3.8, 4) is 0 Å². The van der Waals surface area contributed by atoms with Crippen molar-refractivity contribution < 1.29 is 9.21 Å². The lowest BCUT2D eigenvalue weighted by atomic mass is 9.92. The van der Waals surface area contributed by atoms with Crippen molar-refractivity contribution >= 4 is 38.5 Å². The molecule has 3 rings (SSSR count). The SMILES string of the molecule is CC(C)c1cccc(C(C)C)c1NC(=O)c1cc2cc(Br)ccc2oc1=O. The molecule has 4 nitrogen and oxygen atoms in total. The average Bonchev–Trinajstić information content (AvgIpc) is 2.61. The number of rotatable bonds is 4. The van der Waals surface area contributed by atoms with Gasteiger partial charge in [-0.25, -0.2) is 4.79 Å². The van der Waals surface area contributed by atoms with Crippen LogP contribution in [0.1, 0.15) is 61.0 Å². The first-order chi connectivity index (χ1) is 12.8. The van der Waals surface area contributed by atoms with Crippen LogP contribution in [0.2, 0.25) is 0 Å². The van der Waals surface area contributed by atoms with Gasteiger partial charge in [-0.15, -0.1) is 0 Å². The third-order valence-electron chi connectivity index (χ3n) is 4.55. The highest BCUT2D eigenvalue weighted by Crippen LogP contribution is 2.32. The molecule has 0 saturated heterocycles. The molecule has 0 aliphatic rings. The maximum atomic E-state index is 12.9. The average molecular weight is 428 g/mol. The van der Waals surface area contributed by atoms with E-state index in [9.17, 15) is 9.59 Å². The lowest BCUT2D eigenvalue weighted by Gasteiger charge is -2.20. The van der Waals surface area contributed by atoms with Gasteiger partial charge in [0.25, 0.3) is 5.91 Å². The minimum atomic E-state index is -0.643. The number of amides is 1. The Labute approximate surface area is 166 Å². The van der Waals surface area contributed by atoms with Crippen molar-refractivity contribution in [2.75, 3.05) is 5.32 Å². The number of carbonyl (C=O) groups excluding carboxylic acids is 1. The van der Waals surface area contributed by atoms with Gasteiger partial charge in [-0.2, -0.15) is 0 Å². The predicted molar refractivity (Wildman–Crippen MR) is 113 cm³/mol.